The average molecular weight is 324 g/mol. The third-order valence-corrected chi connectivity index (χ3v) is 3.68. The molecule has 2 aromatic rings. The lowest BCUT2D eigenvalue weighted by atomic mass is 10.1. The number of hydrogen-bond donors (Lipinski definition) is 0. The molecule has 122 valence electrons. The second-order valence-electron chi connectivity index (χ2n) is 5.18. The van der Waals surface area contributed by atoms with Gasteiger partial charge in [0.15, 0.2) is 0 Å². The predicted molar refractivity (Wildman–Crippen MR) is 87.2 cm³/mol. The summed E-state index contributed by atoms with van der Waals surface area (Å²) in [4.78, 5) is 29.5. The minimum atomic E-state index is -0.633. The topological polar surface area (TPSA) is 68.7 Å². The molecule has 0 spiro atoms. The number of nitrogens with zero attached hydrogens (tertiary/aromatic N) is 2. The minimum Gasteiger partial charge on any atom is -0.481 e. The van der Waals surface area contributed by atoms with E-state index in [0.29, 0.717) is 5.88 Å². The minimum absolute atomic E-state index is 0.159. The van der Waals surface area contributed by atoms with Gasteiger partial charge >= 0.3 is 6.09 Å². The first kappa shape index (κ1) is 15.7. The quantitative estimate of drug-likeness (QED) is 0.809. The molecular formula is C18H16N2O4. The van der Waals surface area contributed by atoms with Gasteiger partial charge in [0.05, 0.1) is 7.11 Å². The normalized spacial score (nSPS) is 17.1. The number of methoxy groups -OCH3 is 1. The van der Waals surface area contributed by atoms with Crippen molar-refractivity contribution in [1.82, 2.24) is 9.88 Å². The number of carbonyl (C=O) groups excluding carboxylic acids is 2. The first-order valence-electron chi connectivity index (χ1n) is 7.42. The molecule has 1 atom stereocenters. The van der Waals surface area contributed by atoms with E-state index < -0.39 is 18.0 Å². The first-order valence-corrected chi connectivity index (χ1v) is 7.42. The Morgan fingerprint density at radius 3 is 2.75 bits per heavy atom. The fourth-order valence-corrected chi connectivity index (χ4v) is 2.44. The fourth-order valence-electron chi connectivity index (χ4n) is 2.44. The highest BCUT2D eigenvalue weighted by molar-refractivity contribution is 6.02. The van der Waals surface area contributed by atoms with Crippen molar-refractivity contribution in [3.05, 3.63) is 65.9 Å². The molecule has 1 aliphatic rings. The number of carbonyl (C=O) groups is 2. The van der Waals surface area contributed by atoms with E-state index in [1.807, 2.05) is 30.3 Å². The maximum atomic E-state index is 12.4. The molecule has 1 unspecified atom stereocenters. The number of benzene rings is 1. The first-order chi connectivity index (χ1) is 11.7. The number of imide groups is 1. The number of pyridine rings is 1. The Morgan fingerprint density at radius 1 is 1.29 bits per heavy atom. The van der Waals surface area contributed by atoms with Crippen LogP contribution in [-0.2, 0) is 9.53 Å². The second-order valence-corrected chi connectivity index (χ2v) is 5.18. The van der Waals surface area contributed by atoms with Crippen LogP contribution in [0.2, 0.25) is 0 Å². The molecule has 2 heterocycles. The number of hydrogen-bond acceptors (Lipinski definition) is 5. The third kappa shape index (κ3) is 3.27. The van der Waals surface area contributed by atoms with E-state index in [1.165, 1.54) is 13.2 Å². The lowest BCUT2D eigenvalue weighted by Gasteiger charge is -2.18. The standard InChI is InChI=1S/C18H16N2O4/c1-23-16-9-7-13(11-19-16)8-10-17(21)20-15(12-24-18(20)22)14-5-3-2-4-6-14/h2-11,15H,12H2,1H3. The summed E-state index contributed by atoms with van der Waals surface area (Å²) in [5.74, 6) is 0.0629. The molecule has 0 saturated carbocycles. The van der Waals surface area contributed by atoms with Gasteiger partial charge in [-0.15, -0.1) is 0 Å². The maximum Gasteiger partial charge on any atom is 0.417 e. The molecule has 1 aromatic carbocycles. The summed E-state index contributed by atoms with van der Waals surface area (Å²) in [6, 6.07) is 12.4. The molecule has 6 nitrogen and oxygen atoms in total. The van der Waals surface area contributed by atoms with E-state index in [2.05, 4.69) is 4.98 Å². The van der Waals surface area contributed by atoms with E-state index in [0.717, 1.165) is 16.0 Å². The van der Waals surface area contributed by atoms with E-state index in [-0.39, 0.29) is 6.61 Å². The van der Waals surface area contributed by atoms with Crippen molar-refractivity contribution in [3.63, 3.8) is 0 Å². The zero-order valence-electron chi connectivity index (χ0n) is 13.1. The van der Waals surface area contributed by atoms with Crippen LogP contribution in [0.15, 0.2) is 54.7 Å². The van der Waals surface area contributed by atoms with Crippen molar-refractivity contribution < 1.29 is 19.1 Å². The van der Waals surface area contributed by atoms with Crippen molar-refractivity contribution in [2.75, 3.05) is 13.7 Å². The Bertz CT molecular complexity index is 756. The number of rotatable bonds is 4. The Morgan fingerprint density at radius 2 is 2.08 bits per heavy atom. The van der Waals surface area contributed by atoms with Gasteiger partial charge < -0.3 is 9.47 Å². The van der Waals surface area contributed by atoms with Crippen LogP contribution in [0.1, 0.15) is 17.2 Å². The van der Waals surface area contributed by atoms with Crippen molar-refractivity contribution >= 4 is 18.1 Å². The van der Waals surface area contributed by atoms with Crippen LogP contribution in [0.3, 0.4) is 0 Å². The average Bonchev–Trinajstić information content (AvgIpc) is 3.02. The zero-order chi connectivity index (χ0) is 16.9. The van der Waals surface area contributed by atoms with Gasteiger partial charge in [-0.05, 0) is 23.3 Å². The Labute approximate surface area is 139 Å². The molecule has 0 aliphatic carbocycles. The van der Waals surface area contributed by atoms with Crippen molar-refractivity contribution in [3.8, 4) is 5.88 Å². The summed E-state index contributed by atoms with van der Waals surface area (Å²) in [5, 5.41) is 0. The zero-order valence-corrected chi connectivity index (χ0v) is 13.1. The Kier molecular flexibility index (Phi) is 4.56. The van der Waals surface area contributed by atoms with Crippen LogP contribution in [0.5, 0.6) is 5.88 Å². The molecule has 2 amide bonds. The molecule has 1 fully saturated rings. The molecule has 0 N–H and O–H groups in total. The molecule has 0 radical (unpaired) electrons. The van der Waals surface area contributed by atoms with Gasteiger partial charge in [0.25, 0.3) is 5.91 Å². The summed E-state index contributed by atoms with van der Waals surface area (Å²) in [7, 11) is 1.53. The molecule has 24 heavy (non-hydrogen) atoms. The summed E-state index contributed by atoms with van der Waals surface area (Å²) in [6.45, 7) is 0.159. The number of aromatic nitrogens is 1. The van der Waals surface area contributed by atoms with Crippen LogP contribution in [0.4, 0.5) is 4.79 Å². The van der Waals surface area contributed by atoms with E-state index in [4.69, 9.17) is 9.47 Å². The van der Waals surface area contributed by atoms with Crippen molar-refractivity contribution in [2.45, 2.75) is 6.04 Å². The Hall–Kier alpha value is -3.15. The van der Waals surface area contributed by atoms with Gasteiger partial charge in [-0.25, -0.2) is 14.7 Å². The summed E-state index contributed by atoms with van der Waals surface area (Å²) in [5.41, 5.74) is 1.59. The highest BCUT2D eigenvalue weighted by Crippen LogP contribution is 2.27. The van der Waals surface area contributed by atoms with Crippen LogP contribution in [0, 0.1) is 0 Å². The summed E-state index contributed by atoms with van der Waals surface area (Å²) < 4.78 is 10.0. The summed E-state index contributed by atoms with van der Waals surface area (Å²) in [6.07, 6.45) is 3.89. The molecule has 0 bridgehead atoms. The van der Waals surface area contributed by atoms with Gasteiger partial charge in [0.1, 0.15) is 12.6 Å². The molecule has 1 aliphatic heterocycles. The van der Waals surface area contributed by atoms with E-state index in [9.17, 15) is 9.59 Å². The largest absolute Gasteiger partial charge is 0.481 e. The molecule has 6 heteroatoms. The molecule has 3 rings (SSSR count). The number of cyclic esters (lactones) is 1. The van der Waals surface area contributed by atoms with Gasteiger partial charge in [0.2, 0.25) is 5.88 Å². The third-order valence-electron chi connectivity index (χ3n) is 3.68. The summed E-state index contributed by atoms with van der Waals surface area (Å²) >= 11 is 0. The lowest BCUT2D eigenvalue weighted by molar-refractivity contribution is -0.124. The van der Waals surface area contributed by atoms with Crippen LogP contribution in [-0.4, -0.2) is 35.6 Å². The predicted octanol–water partition coefficient (Wildman–Crippen LogP) is 2.82. The highest BCUT2D eigenvalue weighted by atomic mass is 16.6. The lowest BCUT2D eigenvalue weighted by Crippen LogP contribution is -2.32. The second kappa shape index (κ2) is 6.95. The smallest absolute Gasteiger partial charge is 0.417 e. The molecule has 1 saturated heterocycles. The monoisotopic (exact) mass is 324 g/mol. The fraction of sp³-hybridized carbons (Fsp3) is 0.167. The molecule has 1 aromatic heterocycles. The van der Waals surface area contributed by atoms with Crippen molar-refractivity contribution in [1.29, 1.82) is 0 Å². The van der Waals surface area contributed by atoms with Crippen LogP contribution < -0.4 is 4.74 Å². The number of ether oxygens (including phenoxy) is 2. The Balaban J connectivity index is 1.76. The SMILES string of the molecule is COc1ccc(C=CC(=O)N2C(=O)OCC2c2ccccc2)cn1. The van der Waals surface area contributed by atoms with Gasteiger partial charge in [-0.3, -0.25) is 4.79 Å². The number of amides is 2. The van der Waals surface area contributed by atoms with Crippen LogP contribution in [0.25, 0.3) is 6.08 Å². The highest BCUT2D eigenvalue weighted by Gasteiger charge is 2.37. The van der Waals surface area contributed by atoms with E-state index in [1.54, 1.807) is 24.4 Å². The molecular weight excluding hydrogens is 308 g/mol. The van der Waals surface area contributed by atoms with Gasteiger partial charge in [0, 0.05) is 18.3 Å². The van der Waals surface area contributed by atoms with Gasteiger partial charge in [-0.2, -0.15) is 0 Å². The van der Waals surface area contributed by atoms with Gasteiger partial charge in [-0.1, -0.05) is 30.3 Å². The van der Waals surface area contributed by atoms with Crippen molar-refractivity contribution in [2.24, 2.45) is 0 Å². The maximum absolute atomic E-state index is 12.4. The van der Waals surface area contributed by atoms with Crippen LogP contribution >= 0.6 is 0 Å². The van der Waals surface area contributed by atoms with E-state index >= 15 is 0 Å².